The number of hydrogen-bond acceptors (Lipinski definition) is 7. The van der Waals surface area contributed by atoms with Gasteiger partial charge in [0.1, 0.15) is 0 Å². The average Bonchev–Trinajstić information content (AvgIpc) is 3.20. The number of para-hydroxylation sites is 1. The monoisotopic (exact) mass is 388 g/mol. The molecular formula is C18H24N6O2S. The molecule has 2 amide bonds. The van der Waals surface area contributed by atoms with E-state index in [0.29, 0.717) is 12.2 Å². The molecule has 27 heavy (non-hydrogen) atoms. The Morgan fingerprint density at radius 3 is 2.30 bits per heavy atom. The summed E-state index contributed by atoms with van der Waals surface area (Å²) >= 11 is 0.991. The molecular weight excluding hydrogens is 364 g/mol. The topological polar surface area (TPSA) is 90.5 Å². The SMILES string of the molecule is CCN1CCN(CCNC(=O)c2nnc(C(=O)Nc3ccccc3)s2)CC1. The van der Waals surface area contributed by atoms with Crippen molar-refractivity contribution < 1.29 is 9.59 Å². The van der Waals surface area contributed by atoms with Crippen LogP contribution in [0.2, 0.25) is 0 Å². The number of nitrogens with one attached hydrogen (secondary N) is 2. The average molecular weight is 388 g/mol. The Bertz CT molecular complexity index is 758. The number of nitrogens with zero attached hydrogens (tertiary/aromatic N) is 4. The van der Waals surface area contributed by atoms with Gasteiger partial charge in [0.25, 0.3) is 11.8 Å². The number of piperazine rings is 1. The third kappa shape index (κ3) is 5.56. The van der Waals surface area contributed by atoms with Gasteiger partial charge in [0.05, 0.1) is 0 Å². The summed E-state index contributed by atoms with van der Waals surface area (Å²) in [4.78, 5) is 29.1. The first kappa shape index (κ1) is 19.4. The third-order valence-corrected chi connectivity index (χ3v) is 5.39. The fourth-order valence-electron chi connectivity index (χ4n) is 2.85. The molecule has 0 spiro atoms. The summed E-state index contributed by atoms with van der Waals surface area (Å²) in [5.74, 6) is -0.662. The third-order valence-electron chi connectivity index (χ3n) is 4.47. The van der Waals surface area contributed by atoms with E-state index in [4.69, 9.17) is 0 Å². The lowest BCUT2D eigenvalue weighted by atomic mass is 10.3. The summed E-state index contributed by atoms with van der Waals surface area (Å²) in [7, 11) is 0. The second kappa shape index (κ2) is 9.54. The summed E-state index contributed by atoms with van der Waals surface area (Å²) in [6, 6.07) is 9.10. The van der Waals surface area contributed by atoms with Crippen LogP contribution in [0.15, 0.2) is 30.3 Å². The van der Waals surface area contributed by atoms with Gasteiger partial charge in [-0.3, -0.25) is 14.5 Å². The first-order valence-corrected chi connectivity index (χ1v) is 9.90. The second-order valence-electron chi connectivity index (χ2n) is 6.26. The maximum Gasteiger partial charge on any atom is 0.286 e. The molecule has 0 bridgehead atoms. The molecule has 0 saturated carbocycles. The van der Waals surface area contributed by atoms with Crippen molar-refractivity contribution in [2.24, 2.45) is 0 Å². The zero-order valence-corrected chi connectivity index (χ0v) is 16.2. The van der Waals surface area contributed by atoms with Crippen molar-refractivity contribution in [3.63, 3.8) is 0 Å². The van der Waals surface area contributed by atoms with Crippen LogP contribution in [0.4, 0.5) is 5.69 Å². The number of aromatic nitrogens is 2. The minimum atomic E-state index is -0.369. The van der Waals surface area contributed by atoms with Crippen LogP contribution in [0, 0.1) is 0 Å². The fourth-order valence-corrected chi connectivity index (χ4v) is 3.50. The highest BCUT2D eigenvalue weighted by Gasteiger charge is 2.18. The van der Waals surface area contributed by atoms with Gasteiger partial charge in [-0.1, -0.05) is 36.5 Å². The lowest BCUT2D eigenvalue weighted by molar-refractivity contribution is 0.0935. The van der Waals surface area contributed by atoms with Crippen molar-refractivity contribution in [1.29, 1.82) is 0 Å². The minimum absolute atomic E-state index is 0.166. The standard InChI is InChI=1S/C18H24N6O2S/c1-2-23-10-12-24(13-11-23)9-8-19-15(25)17-21-22-18(27-17)16(26)20-14-6-4-3-5-7-14/h3-7H,2,8-13H2,1H3,(H,19,25)(H,20,26). The van der Waals surface area contributed by atoms with Gasteiger partial charge in [-0.05, 0) is 18.7 Å². The van der Waals surface area contributed by atoms with Crippen molar-refractivity contribution in [2.45, 2.75) is 6.92 Å². The molecule has 1 aliphatic heterocycles. The van der Waals surface area contributed by atoms with Crippen LogP contribution in [0.3, 0.4) is 0 Å². The summed E-state index contributed by atoms with van der Waals surface area (Å²) < 4.78 is 0. The maximum atomic E-state index is 12.2. The van der Waals surface area contributed by atoms with E-state index in [0.717, 1.165) is 50.6 Å². The molecule has 144 valence electrons. The molecule has 3 rings (SSSR count). The van der Waals surface area contributed by atoms with Gasteiger partial charge in [-0.2, -0.15) is 0 Å². The first-order chi connectivity index (χ1) is 13.2. The van der Waals surface area contributed by atoms with E-state index >= 15 is 0 Å². The predicted octanol–water partition coefficient (Wildman–Crippen LogP) is 1.16. The number of rotatable bonds is 7. The zero-order valence-electron chi connectivity index (χ0n) is 15.4. The summed E-state index contributed by atoms with van der Waals surface area (Å²) in [6.45, 7) is 8.80. The van der Waals surface area contributed by atoms with Gasteiger partial charge in [0.2, 0.25) is 10.0 Å². The van der Waals surface area contributed by atoms with Gasteiger partial charge in [0.15, 0.2) is 0 Å². The molecule has 0 atom stereocenters. The molecule has 2 aromatic rings. The van der Waals surface area contributed by atoms with Crippen LogP contribution in [0.5, 0.6) is 0 Å². The van der Waals surface area contributed by atoms with Gasteiger partial charge >= 0.3 is 0 Å². The fraction of sp³-hybridized carbons (Fsp3) is 0.444. The molecule has 1 saturated heterocycles. The molecule has 0 radical (unpaired) electrons. The normalized spacial score (nSPS) is 15.4. The number of carbonyl (C=O) groups is 2. The van der Waals surface area contributed by atoms with Gasteiger partial charge in [0, 0.05) is 45.0 Å². The van der Waals surface area contributed by atoms with Crippen molar-refractivity contribution in [2.75, 3.05) is 51.1 Å². The molecule has 1 aromatic heterocycles. The smallest absolute Gasteiger partial charge is 0.286 e. The van der Waals surface area contributed by atoms with Crippen LogP contribution in [-0.2, 0) is 0 Å². The van der Waals surface area contributed by atoms with E-state index in [1.165, 1.54) is 0 Å². The molecule has 2 heterocycles. The van der Waals surface area contributed by atoms with E-state index in [1.807, 2.05) is 18.2 Å². The van der Waals surface area contributed by atoms with Gasteiger partial charge < -0.3 is 15.5 Å². The Morgan fingerprint density at radius 1 is 1.00 bits per heavy atom. The molecule has 0 unspecified atom stereocenters. The van der Waals surface area contributed by atoms with Crippen LogP contribution in [-0.4, -0.2) is 77.6 Å². The summed E-state index contributed by atoms with van der Waals surface area (Å²) in [6.07, 6.45) is 0. The van der Waals surface area contributed by atoms with E-state index in [2.05, 4.69) is 37.6 Å². The van der Waals surface area contributed by atoms with Crippen molar-refractivity contribution in [3.8, 4) is 0 Å². The van der Waals surface area contributed by atoms with Crippen molar-refractivity contribution in [3.05, 3.63) is 40.3 Å². The molecule has 9 heteroatoms. The summed E-state index contributed by atoms with van der Waals surface area (Å²) in [5.41, 5.74) is 0.673. The summed E-state index contributed by atoms with van der Waals surface area (Å²) in [5, 5.41) is 13.6. The molecule has 1 aromatic carbocycles. The van der Waals surface area contributed by atoms with E-state index in [1.54, 1.807) is 12.1 Å². The number of hydrogen-bond donors (Lipinski definition) is 2. The Morgan fingerprint density at radius 2 is 1.63 bits per heavy atom. The number of carbonyl (C=O) groups excluding carboxylic acids is 2. The largest absolute Gasteiger partial charge is 0.349 e. The Balaban J connectivity index is 1.43. The highest BCUT2D eigenvalue weighted by molar-refractivity contribution is 7.15. The van der Waals surface area contributed by atoms with Gasteiger partial charge in [-0.15, -0.1) is 10.2 Å². The van der Waals surface area contributed by atoms with Crippen LogP contribution >= 0.6 is 11.3 Å². The number of amides is 2. The van der Waals surface area contributed by atoms with Crippen molar-refractivity contribution in [1.82, 2.24) is 25.3 Å². The molecule has 2 N–H and O–H groups in total. The maximum absolute atomic E-state index is 12.2. The zero-order chi connectivity index (χ0) is 19.1. The molecule has 8 nitrogen and oxygen atoms in total. The lowest BCUT2D eigenvalue weighted by Gasteiger charge is -2.33. The van der Waals surface area contributed by atoms with Crippen molar-refractivity contribution >= 4 is 28.8 Å². The second-order valence-corrected chi connectivity index (χ2v) is 7.24. The highest BCUT2D eigenvalue weighted by atomic mass is 32.1. The van der Waals surface area contributed by atoms with E-state index < -0.39 is 0 Å². The highest BCUT2D eigenvalue weighted by Crippen LogP contribution is 2.13. The first-order valence-electron chi connectivity index (χ1n) is 9.08. The Hall–Kier alpha value is -2.36. The molecule has 1 fully saturated rings. The van der Waals surface area contributed by atoms with E-state index in [9.17, 15) is 9.59 Å². The Labute approximate surface area is 162 Å². The van der Waals surface area contributed by atoms with Crippen LogP contribution < -0.4 is 10.6 Å². The quantitative estimate of drug-likeness (QED) is 0.740. The van der Waals surface area contributed by atoms with Crippen LogP contribution in [0.1, 0.15) is 26.5 Å². The van der Waals surface area contributed by atoms with Crippen LogP contribution in [0.25, 0.3) is 0 Å². The lowest BCUT2D eigenvalue weighted by Crippen LogP contribution is -2.48. The molecule has 0 aliphatic carbocycles. The Kier molecular flexibility index (Phi) is 6.86. The number of benzene rings is 1. The number of likely N-dealkylation sites (N-methyl/N-ethyl adjacent to an activating group) is 1. The molecule has 1 aliphatic rings. The predicted molar refractivity (Wildman–Crippen MR) is 105 cm³/mol. The number of anilines is 1. The van der Waals surface area contributed by atoms with Gasteiger partial charge in [-0.25, -0.2) is 0 Å². The minimum Gasteiger partial charge on any atom is -0.349 e. The van der Waals surface area contributed by atoms with E-state index in [-0.39, 0.29) is 21.8 Å².